The third kappa shape index (κ3) is 4.00. The molecule has 0 N–H and O–H groups in total. The van der Waals surface area contributed by atoms with E-state index in [1.165, 1.54) is 15.9 Å². The number of hydrogen-bond donors (Lipinski definition) is 0. The Hall–Kier alpha value is -2.51. The van der Waals surface area contributed by atoms with Gasteiger partial charge in [-0.15, -0.1) is 5.10 Å². The number of halogens is 1. The summed E-state index contributed by atoms with van der Waals surface area (Å²) in [6, 6.07) is 15.4. The summed E-state index contributed by atoms with van der Waals surface area (Å²) < 4.78 is 8.65. The summed E-state index contributed by atoms with van der Waals surface area (Å²) in [4.78, 5) is 17.8. The number of aromatic nitrogens is 3. The molecule has 0 aliphatic rings. The molecular formula is C21H18BrN3O2S. The topological polar surface area (TPSA) is 56.5 Å². The fourth-order valence-corrected chi connectivity index (χ4v) is 3.99. The molecular weight excluding hydrogens is 438 g/mol. The largest absolute Gasteiger partial charge is 0.493 e. The highest BCUT2D eigenvalue weighted by Gasteiger charge is 2.12. The number of ether oxygens (including phenoxy) is 1. The SMILES string of the molecule is CC(C)COc1ccc(-c2nc3s/c(=C/c4cccc(Br)c4)c(=O)n3n2)cc1. The van der Waals surface area contributed by atoms with E-state index in [1.54, 1.807) is 0 Å². The number of thiazole rings is 1. The van der Waals surface area contributed by atoms with Crippen molar-refractivity contribution in [2.24, 2.45) is 5.92 Å². The molecule has 7 heteroatoms. The standard InChI is InChI=1S/C21H18BrN3O2S/c1-13(2)12-27-17-8-6-15(7-9-17)19-23-21-25(24-19)20(26)18(28-21)11-14-4-3-5-16(22)10-14/h3-11,13H,12H2,1-2H3/b18-11+. The summed E-state index contributed by atoms with van der Waals surface area (Å²) in [6.45, 7) is 4.90. The molecule has 0 saturated heterocycles. The number of rotatable bonds is 5. The van der Waals surface area contributed by atoms with Gasteiger partial charge in [0.1, 0.15) is 5.75 Å². The van der Waals surface area contributed by atoms with E-state index in [1.807, 2.05) is 54.6 Å². The molecule has 0 aliphatic heterocycles. The van der Waals surface area contributed by atoms with Crippen molar-refractivity contribution in [1.82, 2.24) is 14.6 Å². The van der Waals surface area contributed by atoms with E-state index < -0.39 is 0 Å². The smallest absolute Gasteiger partial charge is 0.291 e. The van der Waals surface area contributed by atoms with E-state index in [2.05, 4.69) is 39.9 Å². The monoisotopic (exact) mass is 455 g/mol. The van der Waals surface area contributed by atoms with Crippen LogP contribution >= 0.6 is 27.3 Å². The number of benzene rings is 2. The Morgan fingerprint density at radius 3 is 2.68 bits per heavy atom. The molecule has 28 heavy (non-hydrogen) atoms. The van der Waals surface area contributed by atoms with Gasteiger partial charge < -0.3 is 4.74 Å². The molecule has 0 radical (unpaired) electrons. The lowest BCUT2D eigenvalue weighted by Crippen LogP contribution is -2.23. The third-order valence-corrected chi connectivity index (χ3v) is 5.48. The van der Waals surface area contributed by atoms with Crippen LogP contribution in [0.2, 0.25) is 0 Å². The zero-order valence-corrected chi connectivity index (χ0v) is 17.8. The van der Waals surface area contributed by atoms with Crippen molar-refractivity contribution in [3.8, 4) is 17.1 Å². The molecule has 4 aromatic rings. The average Bonchev–Trinajstić information content (AvgIpc) is 3.20. The lowest BCUT2D eigenvalue weighted by atomic mass is 10.2. The van der Waals surface area contributed by atoms with Gasteiger partial charge in [-0.2, -0.15) is 9.50 Å². The Kier molecular flexibility index (Phi) is 5.28. The molecule has 0 spiro atoms. The molecule has 4 rings (SSSR count). The minimum Gasteiger partial charge on any atom is -0.493 e. The van der Waals surface area contributed by atoms with E-state index in [0.29, 0.717) is 27.8 Å². The van der Waals surface area contributed by atoms with Crippen molar-refractivity contribution < 1.29 is 4.74 Å². The van der Waals surface area contributed by atoms with Crippen molar-refractivity contribution in [3.05, 3.63) is 73.5 Å². The van der Waals surface area contributed by atoms with Gasteiger partial charge in [-0.3, -0.25) is 4.79 Å². The molecule has 0 unspecified atom stereocenters. The van der Waals surface area contributed by atoms with Crippen molar-refractivity contribution in [3.63, 3.8) is 0 Å². The maximum absolute atomic E-state index is 12.7. The number of fused-ring (bicyclic) bond motifs is 1. The van der Waals surface area contributed by atoms with Crippen LogP contribution in [0.3, 0.4) is 0 Å². The predicted octanol–water partition coefficient (Wildman–Crippen LogP) is 4.16. The van der Waals surface area contributed by atoms with Crippen LogP contribution < -0.4 is 14.8 Å². The Morgan fingerprint density at radius 1 is 1.21 bits per heavy atom. The molecule has 0 aliphatic carbocycles. The molecule has 0 fully saturated rings. The van der Waals surface area contributed by atoms with Crippen LogP contribution in [0.4, 0.5) is 0 Å². The number of nitrogens with zero attached hydrogens (tertiary/aromatic N) is 3. The predicted molar refractivity (Wildman–Crippen MR) is 116 cm³/mol. The van der Waals surface area contributed by atoms with E-state index in [0.717, 1.165) is 21.3 Å². The van der Waals surface area contributed by atoms with Crippen LogP contribution in [-0.4, -0.2) is 21.2 Å². The van der Waals surface area contributed by atoms with Crippen molar-refractivity contribution in [1.29, 1.82) is 0 Å². The van der Waals surface area contributed by atoms with Gasteiger partial charge in [-0.1, -0.05) is 53.2 Å². The molecule has 142 valence electrons. The lowest BCUT2D eigenvalue weighted by molar-refractivity contribution is 0.271. The van der Waals surface area contributed by atoms with Crippen molar-refractivity contribution >= 4 is 38.3 Å². The lowest BCUT2D eigenvalue weighted by Gasteiger charge is -2.08. The van der Waals surface area contributed by atoms with E-state index in [9.17, 15) is 4.79 Å². The van der Waals surface area contributed by atoms with Gasteiger partial charge in [0.25, 0.3) is 5.56 Å². The van der Waals surface area contributed by atoms with Crippen LogP contribution in [0.15, 0.2) is 57.8 Å². The van der Waals surface area contributed by atoms with E-state index >= 15 is 0 Å². The van der Waals surface area contributed by atoms with Crippen LogP contribution in [0.1, 0.15) is 19.4 Å². The first-order valence-corrected chi connectivity index (χ1v) is 10.5. The van der Waals surface area contributed by atoms with Gasteiger partial charge in [0.15, 0.2) is 5.82 Å². The van der Waals surface area contributed by atoms with E-state index in [-0.39, 0.29) is 5.56 Å². The summed E-state index contributed by atoms with van der Waals surface area (Å²) in [5.74, 6) is 1.82. The van der Waals surface area contributed by atoms with E-state index in [4.69, 9.17) is 4.74 Å². The van der Waals surface area contributed by atoms with Crippen LogP contribution in [-0.2, 0) is 0 Å². The first-order chi connectivity index (χ1) is 13.5. The molecule has 2 aromatic heterocycles. The Labute approximate surface area is 174 Å². The van der Waals surface area contributed by atoms with Crippen LogP contribution in [0, 0.1) is 5.92 Å². The molecule has 5 nitrogen and oxygen atoms in total. The first kappa shape index (κ1) is 18.8. The zero-order valence-electron chi connectivity index (χ0n) is 15.4. The highest BCUT2D eigenvalue weighted by Crippen LogP contribution is 2.21. The molecule has 0 atom stereocenters. The van der Waals surface area contributed by atoms with Crippen molar-refractivity contribution in [2.75, 3.05) is 6.61 Å². The summed E-state index contributed by atoms with van der Waals surface area (Å²) in [6.07, 6.45) is 1.86. The molecule has 0 amide bonds. The molecule has 2 aromatic carbocycles. The minimum absolute atomic E-state index is 0.157. The zero-order chi connectivity index (χ0) is 19.7. The minimum atomic E-state index is -0.157. The maximum Gasteiger partial charge on any atom is 0.291 e. The Bertz CT molecular complexity index is 1230. The van der Waals surface area contributed by atoms with Gasteiger partial charge in [0.05, 0.1) is 11.1 Å². The average molecular weight is 456 g/mol. The second-order valence-electron chi connectivity index (χ2n) is 6.83. The maximum atomic E-state index is 12.7. The normalized spacial score (nSPS) is 12.2. The molecule has 0 bridgehead atoms. The highest BCUT2D eigenvalue weighted by molar-refractivity contribution is 9.10. The van der Waals surface area contributed by atoms with Gasteiger partial charge in [0, 0.05) is 10.0 Å². The van der Waals surface area contributed by atoms with Gasteiger partial charge in [-0.25, -0.2) is 0 Å². The van der Waals surface area contributed by atoms with Gasteiger partial charge in [0.2, 0.25) is 4.96 Å². The van der Waals surface area contributed by atoms with Crippen LogP contribution in [0.25, 0.3) is 22.4 Å². The fourth-order valence-electron chi connectivity index (χ4n) is 2.67. The third-order valence-electron chi connectivity index (χ3n) is 4.02. The first-order valence-electron chi connectivity index (χ1n) is 8.90. The second-order valence-corrected chi connectivity index (χ2v) is 8.75. The van der Waals surface area contributed by atoms with Gasteiger partial charge in [-0.05, 0) is 54.0 Å². The highest BCUT2D eigenvalue weighted by atomic mass is 79.9. The number of hydrogen-bond acceptors (Lipinski definition) is 5. The van der Waals surface area contributed by atoms with Crippen LogP contribution in [0.5, 0.6) is 5.75 Å². The van der Waals surface area contributed by atoms with Gasteiger partial charge >= 0.3 is 0 Å². The summed E-state index contributed by atoms with van der Waals surface area (Å²) in [7, 11) is 0. The molecule has 0 saturated carbocycles. The summed E-state index contributed by atoms with van der Waals surface area (Å²) >= 11 is 4.78. The van der Waals surface area contributed by atoms with Crippen molar-refractivity contribution in [2.45, 2.75) is 13.8 Å². The second kappa shape index (κ2) is 7.85. The fraction of sp³-hybridized carbons (Fsp3) is 0.190. The summed E-state index contributed by atoms with van der Waals surface area (Å²) in [5.41, 5.74) is 1.65. The summed E-state index contributed by atoms with van der Waals surface area (Å²) in [5, 5.41) is 4.40. The Morgan fingerprint density at radius 2 is 2.00 bits per heavy atom. The molecule has 2 heterocycles. The Balaban J connectivity index is 1.64. The quantitative estimate of drug-likeness (QED) is 0.453.